The fourth-order valence-electron chi connectivity index (χ4n) is 4.25. The van der Waals surface area contributed by atoms with Crippen molar-refractivity contribution in [2.24, 2.45) is 5.92 Å². The number of nitrogens with zero attached hydrogens (tertiary/aromatic N) is 1. The number of aryl methyl sites for hydroxylation is 1. The molecule has 0 amide bonds. The van der Waals surface area contributed by atoms with Gasteiger partial charge in [-0.25, -0.2) is 0 Å². The fourth-order valence-corrected chi connectivity index (χ4v) is 4.38. The number of hydrogen-bond acceptors (Lipinski definition) is 2. The van der Waals surface area contributed by atoms with Crippen molar-refractivity contribution in [1.82, 2.24) is 4.90 Å². The Balaban J connectivity index is 2.01. The Kier molecular flexibility index (Phi) is 6.41. The lowest BCUT2D eigenvalue weighted by atomic mass is 9.68. The summed E-state index contributed by atoms with van der Waals surface area (Å²) in [6, 6.07) is 16.3. The van der Waals surface area contributed by atoms with Gasteiger partial charge in [0.25, 0.3) is 0 Å². The first kappa shape index (κ1) is 20.1. The first-order valence-electron chi connectivity index (χ1n) is 9.77. The van der Waals surface area contributed by atoms with Crippen LogP contribution in [0.25, 0.3) is 6.08 Å². The van der Waals surface area contributed by atoms with Crippen LogP contribution < -0.4 is 0 Å². The van der Waals surface area contributed by atoms with Crippen LogP contribution in [0.4, 0.5) is 0 Å². The summed E-state index contributed by atoms with van der Waals surface area (Å²) < 4.78 is 0. The summed E-state index contributed by atoms with van der Waals surface area (Å²) in [6.07, 6.45) is 5.95. The molecule has 0 aliphatic heterocycles. The number of halogens is 1. The zero-order valence-corrected chi connectivity index (χ0v) is 17.3. The highest BCUT2D eigenvalue weighted by atomic mass is 35.5. The Morgan fingerprint density at radius 2 is 1.85 bits per heavy atom. The van der Waals surface area contributed by atoms with Crippen LogP contribution in [-0.4, -0.2) is 36.2 Å². The third-order valence-electron chi connectivity index (χ3n) is 5.75. The molecule has 0 spiro atoms. The zero-order chi connectivity index (χ0) is 19.4. The third-order valence-corrected chi connectivity index (χ3v) is 6.00. The van der Waals surface area contributed by atoms with Crippen LogP contribution in [0.15, 0.2) is 54.1 Å². The van der Waals surface area contributed by atoms with Crippen molar-refractivity contribution in [3.05, 3.63) is 75.8 Å². The fraction of sp³-hybridized carbons (Fsp3) is 0.417. The van der Waals surface area contributed by atoms with E-state index in [0.717, 1.165) is 42.0 Å². The average Bonchev–Trinajstić information content (AvgIpc) is 2.62. The molecule has 2 nitrogen and oxygen atoms in total. The van der Waals surface area contributed by atoms with E-state index < -0.39 is 5.60 Å². The molecule has 1 saturated carbocycles. The van der Waals surface area contributed by atoms with Crippen LogP contribution in [0.5, 0.6) is 0 Å². The molecule has 2 aromatic carbocycles. The molecule has 0 radical (unpaired) electrons. The number of rotatable bonds is 5. The molecule has 3 heteroatoms. The Hall–Kier alpha value is -1.61. The third kappa shape index (κ3) is 4.82. The summed E-state index contributed by atoms with van der Waals surface area (Å²) >= 11 is 6.04. The van der Waals surface area contributed by atoms with Crippen LogP contribution >= 0.6 is 11.6 Å². The molecular weight excluding hydrogens is 354 g/mol. The molecule has 0 heterocycles. The van der Waals surface area contributed by atoms with Crippen LogP contribution in [0.3, 0.4) is 0 Å². The molecule has 0 saturated heterocycles. The highest BCUT2D eigenvalue weighted by molar-refractivity contribution is 6.30. The van der Waals surface area contributed by atoms with Crippen molar-refractivity contribution >= 4 is 17.7 Å². The van der Waals surface area contributed by atoms with Crippen LogP contribution in [0, 0.1) is 12.8 Å². The van der Waals surface area contributed by atoms with Crippen molar-refractivity contribution in [1.29, 1.82) is 0 Å². The highest BCUT2D eigenvalue weighted by Crippen LogP contribution is 2.42. The van der Waals surface area contributed by atoms with Crippen LogP contribution in [0.2, 0.25) is 5.02 Å². The van der Waals surface area contributed by atoms with E-state index in [1.165, 1.54) is 11.1 Å². The molecule has 27 heavy (non-hydrogen) atoms. The van der Waals surface area contributed by atoms with E-state index in [4.69, 9.17) is 11.6 Å². The van der Waals surface area contributed by atoms with Gasteiger partial charge in [-0.15, -0.1) is 0 Å². The first-order valence-corrected chi connectivity index (χ1v) is 10.1. The molecule has 3 rings (SSSR count). The quantitative estimate of drug-likeness (QED) is 0.750. The number of benzene rings is 2. The molecule has 144 valence electrons. The second-order valence-corrected chi connectivity index (χ2v) is 8.54. The van der Waals surface area contributed by atoms with Crippen molar-refractivity contribution in [2.75, 3.05) is 20.6 Å². The smallest absolute Gasteiger partial charge is 0.0940 e. The van der Waals surface area contributed by atoms with Gasteiger partial charge in [-0.1, -0.05) is 54.1 Å². The average molecular weight is 384 g/mol. The second-order valence-electron chi connectivity index (χ2n) is 8.10. The Bertz CT molecular complexity index is 796. The van der Waals surface area contributed by atoms with Gasteiger partial charge < -0.3 is 10.0 Å². The summed E-state index contributed by atoms with van der Waals surface area (Å²) in [7, 11) is 4.18. The van der Waals surface area contributed by atoms with E-state index in [2.05, 4.69) is 56.3 Å². The van der Waals surface area contributed by atoms with E-state index in [-0.39, 0.29) is 5.92 Å². The maximum absolute atomic E-state index is 12.0. The van der Waals surface area contributed by atoms with Gasteiger partial charge in [0.15, 0.2) is 0 Å². The summed E-state index contributed by atoms with van der Waals surface area (Å²) in [5, 5.41) is 12.7. The maximum Gasteiger partial charge on any atom is 0.0940 e. The lowest BCUT2D eigenvalue weighted by Gasteiger charge is -2.44. The molecule has 1 aliphatic carbocycles. The zero-order valence-electron chi connectivity index (χ0n) is 16.6. The van der Waals surface area contributed by atoms with Gasteiger partial charge in [0.05, 0.1) is 5.60 Å². The second kappa shape index (κ2) is 8.60. The van der Waals surface area contributed by atoms with Gasteiger partial charge >= 0.3 is 0 Å². The lowest BCUT2D eigenvalue weighted by molar-refractivity contribution is -0.0124. The molecule has 1 N–H and O–H groups in total. The maximum atomic E-state index is 12.0. The SMILES string of the molecule is Cc1ccccc1CC1(O)/C(=C/c2ccc(Cl)cc2)CCCC1CN(C)C. The molecule has 2 aromatic rings. The van der Waals surface area contributed by atoms with Gasteiger partial charge in [-0.3, -0.25) is 0 Å². The number of hydrogen-bond donors (Lipinski definition) is 1. The topological polar surface area (TPSA) is 23.5 Å². The minimum Gasteiger partial charge on any atom is -0.385 e. The van der Waals surface area contributed by atoms with Crippen molar-refractivity contribution in [3.63, 3.8) is 0 Å². The molecule has 1 aliphatic rings. The summed E-state index contributed by atoms with van der Waals surface area (Å²) in [5.41, 5.74) is 3.89. The molecule has 0 aromatic heterocycles. The van der Waals surface area contributed by atoms with E-state index in [1.54, 1.807) is 0 Å². The number of aliphatic hydroxyl groups is 1. The summed E-state index contributed by atoms with van der Waals surface area (Å²) in [4.78, 5) is 2.19. The first-order chi connectivity index (χ1) is 12.9. The minimum atomic E-state index is -0.825. The van der Waals surface area contributed by atoms with Gasteiger partial charge in [0, 0.05) is 23.9 Å². The highest BCUT2D eigenvalue weighted by Gasteiger charge is 2.42. The summed E-state index contributed by atoms with van der Waals surface area (Å²) in [5.74, 6) is 0.222. The largest absolute Gasteiger partial charge is 0.385 e. The molecule has 1 fully saturated rings. The van der Waals surface area contributed by atoms with E-state index >= 15 is 0 Å². The van der Waals surface area contributed by atoms with Crippen molar-refractivity contribution in [2.45, 2.75) is 38.2 Å². The Morgan fingerprint density at radius 3 is 2.52 bits per heavy atom. The van der Waals surface area contributed by atoms with Gasteiger partial charge in [0.2, 0.25) is 0 Å². The molecule has 2 atom stereocenters. The predicted molar refractivity (Wildman–Crippen MR) is 115 cm³/mol. The van der Waals surface area contributed by atoms with Crippen molar-refractivity contribution < 1.29 is 5.11 Å². The monoisotopic (exact) mass is 383 g/mol. The van der Waals surface area contributed by atoms with Crippen molar-refractivity contribution in [3.8, 4) is 0 Å². The standard InChI is InChI=1S/C24H30ClNO/c1-18-7-4-5-8-20(18)16-24(27)21(9-6-10-22(24)17-26(2)3)15-19-11-13-23(25)14-12-19/h4-5,7-8,11-15,22,27H,6,9-10,16-17H2,1-3H3/b21-15+. The summed E-state index contributed by atoms with van der Waals surface area (Å²) in [6.45, 7) is 3.02. The van der Waals surface area contributed by atoms with E-state index in [9.17, 15) is 5.11 Å². The Morgan fingerprint density at radius 1 is 1.15 bits per heavy atom. The van der Waals surface area contributed by atoms with Crippen LogP contribution in [0.1, 0.15) is 36.0 Å². The molecular formula is C24H30ClNO. The van der Waals surface area contributed by atoms with E-state index in [1.807, 2.05) is 24.3 Å². The Labute approximate surface area is 168 Å². The normalized spacial score (nSPS) is 24.5. The predicted octanol–water partition coefficient (Wildman–Crippen LogP) is 5.37. The van der Waals surface area contributed by atoms with E-state index in [0.29, 0.717) is 6.42 Å². The molecule has 2 unspecified atom stereocenters. The van der Waals surface area contributed by atoms with Gasteiger partial charge in [-0.2, -0.15) is 0 Å². The minimum absolute atomic E-state index is 0.222. The van der Waals surface area contributed by atoms with Gasteiger partial charge in [-0.05, 0) is 74.7 Å². The lowest BCUT2D eigenvalue weighted by Crippen LogP contribution is -2.48. The molecule has 0 bridgehead atoms. The van der Waals surface area contributed by atoms with Crippen LogP contribution in [-0.2, 0) is 6.42 Å². The van der Waals surface area contributed by atoms with Gasteiger partial charge in [0.1, 0.15) is 0 Å².